The molecule has 17 heavy (non-hydrogen) atoms. The summed E-state index contributed by atoms with van der Waals surface area (Å²) in [6.07, 6.45) is 5.87. The van der Waals surface area contributed by atoms with Crippen LogP contribution in [0.4, 0.5) is 0 Å². The van der Waals surface area contributed by atoms with Gasteiger partial charge in [0, 0.05) is 18.4 Å². The summed E-state index contributed by atoms with van der Waals surface area (Å²) in [5.41, 5.74) is 7.55. The molecular weight excluding hydrogens is 214 g/mol. The predicted octanol–water partition coefficient (Wildman–Crippen LogP) is 1.55. The third kappa shape index (κ3) is 2.17. The first kappa shape index (κ1) is 11.3. The van der Waals surface area contributed by atoms with Gasteiger partial charge in [0.2, 0.25) is 5.82 Å². The van der Waals surface area contributed by atoms with Crippen molar-refractivity contribution < 1.29 is 0 Å². The maximum atomic E-state index is 8.88. The molecule has 0 aliphatic carbocycles. The number of rotatable bonds is 3. The molecule has 0 fully saturated rings. The Balaban J connectivity index is 2.33. The van der Waals surface area contributed by atoms with Crippen LogP contribution in [0.3, 0.4) is 0 Å². The molecule has 0 saturated carbocycles. The Kier molecular flexibility index (Phi) is 3.17. The standard InChI is InChI=1S/C12H13N5/c1-2-10(14)11-4-3-9(8-16-11)17-6-5-15-12(17)7-13/h3-6,8,10H,2,14H2,1H3/t10-/m1/s1. The third-order valence-electron chi connectivity index (χ3n) is 2.61. The molecule has 0 spiro atoms. The van der Waals surface area contributed by atoms with Gasteiger partial charge in [-0.25, -0.2) is 4.98 Å². The minimum absolute atomic E-state index is 0.0396. The summed E-state index contributed by atoms with van der Waals surface area (Å²) < 4.78 is 1.69. The first-order valence-corrected chi connectivity index (χ1v) is 5.41. The van der Waals surface area contributed by atoms with Gasteiger partial charge in [0.05, 0.1) is 17.6 Å². The van der Waals surface area contributed by atoms with Gasteiger partial charge in [0.1, 0.15) is 6.07 Å². The van der Waals surface area contributed by atoms with E-state index in [2.05, 4.69) is 9.97 Å². The Morgan fingerprint density at radius 1 is 1.47 bits per heavy atom. The molecular formula is C12H13N5. The molecule has 0 unspecified atom stereocenters. The molecule has 2 heterocycles. The van der Waals surface area contributed by atoms with E-state index in [1.54, 1.807) is 23.2 Å². The number of nitrogens with two attached hydrogens (primary N) is 1. The fourth-order valence-corrected chi connectivity index (χ4v) is 1.56. The summed E-state index contributed by atoms with van der Waals surface area (Å²) in [5.74, 6) is 0.347. The second kappa shape index (κ2) is 4.76. The maximum absolute atomic E-state index is 8.88. The van der Waals surface area contributed by atoms with E-state index in [4.69, 9.17) is 11.0 Å². The van der Waals surface area contributed by atoms with E-state index in [0.29, 0.717) is 5.82 Å². The van der Waals surface area contributed by atoms with Gasteiger partial charge < -0.3 is 5.73 Å². The highest BCUT2D eigenvalue weighted by Gasteiger charge is 2.07. The van der Waals surface area contributed by atoms with Crippen LogP contribution >= 0.6 is 0 Å². The Labute approximate surface area is 99.5 Å². The summed E-state index contributed by atoms with van der Waals surface area (Å²) >= 11 is 0. The highest BCUT2D eigenvalue weighted by Crippen LogP contribution is 2.14. The summed E-state index contributed by atoms with van der Waals surface area (Å²) in [5, 5.41) is 8.88. The molecule has 2 N–H and O–H groups in total. The second-order valence-corrected chi connectivity index (χ2v) is 3.69. The van der Waals surface area contributed by atoms with E-state index in [0.717, 1.165) is 17.8 Å². The zero-order valence-electron chi connectivity index (χ0n) is 9.54. The summed E-state index contributed by atoms with van der Waals surface area (Å²) in [7, 11) is 0. The monoisotopic (exact) mass is 227 g/mol. The summed E-state index contributed by atoms with van der Waals surface area (Å²) in [4.78, 5) is 8.23. The molecule has 2 aromatic heterocycles. The van der Waals surface area contributed by atoms with Crippen LogP contribution in [0.1, 0.15) is 30.9 Å². The number of pyridine rings is 1. The quantitative estimate of drug-likeness (QED) is 0.862. The molecule has 0 aromatic carbocycles. The summed E-state index contributed by atoms with van der Waals surface area (Å²) in [6.45, 7) is 2.02. The number of nitrogens with zero attached hydrogens (tertiary/aromatic N) is 4. The molecule has 86 valence electrons. The van der Waals surface area contributed by atoms with Gasteiger partial charge in [-0.2, -0.15) is 5.26 Å². The van der Waals surface area contributed by atoms with E-state index in [1.165, 1.54) is 0 Å². The normalized spacial score (nSPS) is 12.1. The predicted molar refractivity (Wildman–Crippen MR) is 63.3 cm³/mol. The Hall–Kier alpha value is -2.19. The van der Waals surface area contributed by atoms with Crippen molar-refractivity contribution in [2.75, 3.05) is 0 Å². The number of hydrogen-bond donors (Lipinski definition) is 1. The Morgan fingerprint density at radius 3 is 2.88 bits per heavy atom. The number of aromatic nitrogens is 3. The van der Waals surface area contributed by atoms with Crippen LogP contribution < -0.4 is 5.73 Å². The molecule has 0 aliphatic rings. The molecule has 2 aromatic rings. The van der Waals surface area contributed by atoms with Crippen molar-refractivity contribution >= 4 is 0 Å². The van der Waals surface area contributed by atoms with Crippen LogP contribution in [0.15, 0.2) is 30.7 Å². The molecule has 2 rings (SSSR count). The third-order valence-corrected chi connectivity index (χ3v) is 2.61. The van der Waals surface area contributed by atoms with Crippen LogP contribution in [-0.4, -0.2) is 14.5 Å². The highest BCUT2D eigenvalue weighted by atomic mass is 15.1. The fourth-order valence-electron chi connectivity index (χ4n) is 1.56. The van der Waals surface area contributed by atoms with Crippen LogP contribution in [0.5, 0.6) is 0 Å². The minimum atomic E-state index is -0.0396. The van der Waals surface area contributed by atoms with Gasteiger partial charge in [0.25, 0.3) is 0 Å². The lowest BCUT2D eigenvalue weighted by molar-refractivity contribution is 0.675. The van der Waals surface area contributed by atoms with E-state index in [-0.39, 0.29) is 6.04 Å². The molecule has 1 atom stereocenters. The van der Waals surface area contributed by atoms with Crippen LogP contribution in [-0.2, 0) is 0 Å². The van der Waals surface area contributed by atoms with Crippen molar-refractivity contribution in [2.45, 2.75) is 19.4 Å². The van der Waals surface area contributed by atoms with Crippen molar-refractivity contribution in [3.05, 3.63) is 42.2 Å². The molecule has 0 amide bonds. The van der Waals surface area contributed by atoms with E-state index in [9.17, 15) is 0 Å². The molecule has 0 radical (unpaired) electrons. The van der Waals surface area contributed by atoms with E-state index < -0.39 is 0 Å². The van der Waals surface area contributed by atoms with Gasteiger partial charge in [-0.1, -0.05) is 6.92 Å². The topological polar surface area (TPSA) is 80.5 Å². The minimum Gasteiger partial charge on any atom is -0.323 e. The molecule has 0 saturated heterocycles. The van der Waals surface area contributed by atoms with Gasteiger partial charge in [-0.05, 0) is 18.6 Å². The van der Waals surface area contributed by atoms with Gasteiger partial charge in [0.15, 0.2) is 0 Å². The molecule has 0 aliphatic heterocycles. The molecule has 5 heteroatoms. The van der Waals surface area contributed by atoms with Crippen LogP contribution in [0, 0.1) is 11.3 Å². The Bertz CT molecular complexity index is 535. The smallest absolute Gasteiger partial charge is 0.217 e. The molecule has 5 nitrogen and oxygen atoms in total. The zero-order chi connectivity index (χ0) is 12.3. The highest BCUT2D eigenvalue weighted by molar-refractivity contribution is 5.34. The maximum Gasteiger partial charge on any atom is 0.217 e. The zero-order valence-corrected chi connectivity index (χ0v) is 9.54. The number of nitriles is 1. The lowest BCUT2D eigenvalue weighted by atomic mass is 10.1. The fraction of sp³-hybridized carbons (Fsp3) is 0.250. The number of hydrogen-bond acceptors (Lipinski definition) is 4. The van der Waals surface area contributed by atoms with Gasteiger partial charge >= 0.3 is 0 Å². The van der Waals surface area contributed by atoms with E-state index >= 15 is 0 Å². The van der Waals surface area contributed by atoms with E-state index in [1.807, 2.05) is 25.1 Å². The lowest BCUT2D eigenvalue weighted by Crippen LogP contribution is -2.10. The molecule has 0 bridgehead atoms. The Morgan fingerprint density at radius 2 is 2.29 bits per heavy atom. The summed E-state index contributed by atoms with van der Waals surface area (Å²) in [6, 6.07) is 5.75. The second-order valence-electron chi connectivity index (χ2n) is 3.69. The van der Waals surface area contributed by atoms with Crippen molar-refractivity contribution in [1.82, 2.24) is 14.5 Å². The largest absolute Gasteiger partial charge is 0.323 e. The average molecular weight is 227 g/mol. The van der Waals surface area contributed by atoms with Gasteiger partial charge in [-0.3, -0.25) is 9.55 Å². The van der Waals surface area contributed by atoms with Crippen molar-refractivity contribution in [3.63, 3.8) is 0 Å². The van der Waals surface area contributed by atoms with Crippen molar-refractivity contribution in [2.24, 2.45) is 5.73 Å². The van der Waals surface area contributed by atoms with Gasteiger partial charge in [-0.15, -0.1) is 0 Å². The SMILES string of the molecule is CC[C@@H](N)c1ccc(-n2ccnc2C#N)cn1. The van der Waals surface area contributed by atoms with Crippen LogP contribution in [0.2, 0.25) is 0 Å². The average Bonchev–Trinajstić information content (AvgIpc) is 2.86. The first-order chi connectivity index (χ1) is 8.26. The lowest BCUT2D eigenvalue weighted by Gasteiger charge is -2.09. The van der Waals surface area contributed by atoms with Crippen LogP contribution in [0.25, 0.3) is 5.69 Å². The number of imidazole rings is 1. The van der Waals surface area contributed by atoms with Crippen molar-refractivity contribution in [3.8, 4) is 11.8 Å². The first-order valence-electron chi connectivity index (χ1n) is 5.41. The van der Waals surface area contributed by atoms with Crippen molar-refractivity contribution in [1.29, 1.82) is 5.26 Å².